The van der Waals surface area contributed by atoms with E-state index in [9.17, 15) is 0 Å². The van der Waals surface area contributed by atoms with E-state index in [1.807, 2.05) is 48.7 Å². The van der Waals surface area contributed by atoms with Crippen molar-refractivity contribution in [3.05, 3.63) is 54.7 Å². The van der Waals surface area contributed by atoms with Crippen LogP contribution in [-0.2, 0) is 0 Å². The molecule has 0 aliphatic rings. The van der Waals surface area contributed by atoms with Gasteiger partial charge in [0, 0.05) is 11.6 Å². The smallest absolute Gasteiger partial charge is 0.195 e. The molecule has 0 saturated carbocycles. The van der Waals surface area contributed by atoms with Gasteiger partial charge < -0.3 is 9.15 Å². The first-order chi connectivity index (χ1) is 11.3. The molecule has 0 N–H and O–H groups in total. The van der Waals surface area contributed by atoms with Crippen LogP contribution in [0.4, 0.5) is 0 Å². The first-order valence-corrected chi connectivity index (χ1v) is 8.08. The second-order valence-electron chi connectivity index (χ2n) is 5.36. The van der Waals surface area contributed by atoms with Crippen molar-refractivity contribution in [1.82, 2.24) is 9.38 Å². The third-order valence-electron chi connectivity index (χ3n) is 3.98. The van der Waals surface area contributed by atoms with Gasteiger partial charge in [-0.3, -0.25) is 4.40 Å². The summed E-state index contributed by atoms with van der Waals surface area (Å²) in [7, 11) is 1.68. The van der Waals surface area contributed by atoms with Crippen LogP contribution in [0.1, 0.15) is 0 Å². The second kappa shape index (κ2) is 4.60. The van der Waals surface area contributed by atoms with E-state index in [0.717, 1.165) is 43.4 Å². The number of nitrogens with zero attached hydrogens (tertiary/aromatic N) is 2. The third-order valence-corrected chi connectivity index (χ3v) is 5.00. The summed E-state index contributed by atoms with van der Waals surface area (Å²) in [5.41, 5.74) is 2.86. The van der Waals surface area contributed by atoms with Crippen LogP contribution in [0.5, 0.6) is 5.75 Å². The van der Waals surface area contributed by atoms with E-state index in [1.54, 1.807) is 18.4 Å². The average Bonchev–Trinajstić information content (AvgIpc) is 3.25. The van der Waals surface area contributed by atoms with Gasteiger partial charge in [-0.1, -0.05) is 29.5 Å². The van der Waals surface area contributed by atoms with Crippen LogP contribution in [0.3, 0.4) is 0 Å². The number of hydrogen-bond donors (Lipinski definition) is 0. The van der Waals surface area contributed by atoms with Gasteiger partial charge in [-0.15, -0.1) is 0 Å². The SMILES string of the molecule is COc1ccc2c(c1)sc1nc(-c3cc4ccccc4o3)cn12. The lowest BCUT2D eigenvalue weighted by atomic mass is 10.2. The maximum Gasteiger partial charge on any atom is 0.195 e. The molecule has 3 heterocycles. The van der Waals surface area contributed by atoms with Gasteiger partial charge in [0.2, 0.25) is 0 Å². The first kappa shape index (κ1) is 12.7. The molecule has 5 aromatic rings. The van der Waals surface area contributed by atoms with Crippen LogP contribution in [0.2, 0.25) is 0 Å². The number of aromatic nitrogens is 2. The summed E-state index contributed by atoms with van der Waals surface area (Å²) in [5.74, 6) is 1.66. The normalized spacial score (nSPS) is 11.7. The highest BCUT2D eigenvalue weighted by Gasteiger charge is 2.13. The van der Waals surface area contributed by atoms with Crippen molar-refractivity contribution in [1.29, 1.82) is 0 Å². The number of para-hydroxylation sites is 1. The number of furan rings is 1. The zero-order chi connectivity index (χ0) is 15.4. The highest BCUT2D eigenvalue weighted by molar-refractivity contribution is 7.23. The van der Waals surface area contributed by atoms with Gasteiger partial charge >= 0.3 is 0 Å². The van der Waals surface area contributed by atoms with Crippen LogP contribution in [0, 0.1) is 0 Å². The Morgan fingerprint density at radius 2 is 2.04 bits per heavy atom. The quantitative estimate of drug-likeness (QED) is 0.461. The highest BCUT2D eigenvalue weighted by Crippen LogP contribution is 2.33. The van der Waals surface area contributed by atoms with Gasteiger partial charge in [-0.05, 0) is 30.3 Å². The zero-order valence-corrected chi connectivity index (χ0v) is 13.1. The number of ether oxygens (including phenoxy) is 1. The standard InChI is InChI=1S/C18H12N2O2S/c1-21-12-6-7-14-17(9-12)23-18-19-13(10-20(14)18)16-8-11-4-2-3-5-15(11)22-16/h2-10H,1H3. The Labute approximate surface area is 135 Å². The van der Waals surface area contributed by atoms with Crippen LogP contribution >= 0.6 is 11.3 Å². The summed E-state index contributed by atoms with van der Waals surface area (Å²) < 4.78 is 14.4. The molecule has 3 aromatic heterocycles. The Morgan fingerprint density at radius 1 is 1.13 bits per heavy atom. The first-order valence-electron chi connectivity index (χ1n) is 7.26. The van der Waals surface area contributed by atoms with Crippen LogP contribution in [0.15, 0.2) is 59.1 Å². The molecule has 0 atom stereocenters. The van der Waals surface area contributed by atoms with Gasteiger partial charge in [0.1, 0.15) is 17.0 Å². The van der Waals surface area contributed by atoms with E-state index in [-0.39, 0.29) is 0 Å². The summed E-state index contributed by atoms with van der Waals surface area (Å²) in [6.07, 6.45) is 2.03. The number of benzene rings is 2. The molecule has 4 nitrogen and oxygen atoms in total. The zero-order valence-electron chi connectivity index (χ0n) is 12.3. The van der Waals surface area contributed by atoms with E-state index in [4.69, 9.17) is 14.1 Å². The number of imidazole rings is 1. The molecule has 5 rings (SSSR count). The third kappa shape index (κ3) is 1.87. The van der Waals surface area contributed by atoms with E-state index in [2.05, 4.69) is 10.5 Å². The molecule has 0 unspecified atom stereocenters. The van der Waals surface area contributed by atoms with E-state index in [0.29, 0.717) is 0 Å². The molecule has 0 amide bonds. The molecular formula is C18H12N2O2S. The lowest BCUT2D eigenvalue weighted by Crippen LogP contribution is -1.82. The Bertz CT molecular complexity index is 1130. The predicted octanol–water partition coefficient (Wildman–Crippen LogP) is 4.97. The molecule has 5 heteroatoms. The molecule has 2 aromatic carbocycles. The lowest BCUT2D eigenvalue weighted by molar-refractivity contribution is 0.415. The van der Waals surface area contributed by atoms with Crippen molar-refractivity contribution in [3.8, 4) is 17.2 Å². The predicted molar refractivity (Wildman–Crippen MR) is 92.3 cm³/mol. The van der Waals surface area contributed by atoms with Crippen molar-refractivity contribution >= 4 is 37.5 Å². The molecule has 0 saturated heterocycles. The molecule has 112 valence electrons. The lowest BCUT2D eigenvalue weighted by Gasteiger charge is -1.98. The Hall–Kier alpha value is -2.79. The van der Waals surface area contributed by atoms with E-state index in [1.165, 1.54) is 0 Å². The summed E-state index contributed by atoms with van der Waals surface area (Å²) in [6, 6.07) is 16.1. The van der Waals surface area contributed by atoms with Gasteiger partial charge in [-0.25, -0.2) is 4.98 Å². The van der Waals surface area contributed by atoms with Gasteiger partial charge in [-0.2, -0.15) is 0 Å². The number of thiazole rings is 1. The molecule has 0 aliphatic heterocycles. The maximum atomic E-state index is 5.91. The Morgan fingerprint density at radius 3 is 2.91 bits per heavy atom. The molecule has 0 bridgehead atoms. The van der Waals surface area contributed by atoms with Crippen molar-refractivity contribution in [2.75, 3.05) is 7.11 Å². The summed E-state index contributed by atoms with van der Waals surface area (Å²) in [5, 5.41) is 1.09. The van der Waals surface area contributed by atoms with Gasteiger partial charge in [0.25, 0.3) is 0 Å². The number of rotatable bonds is 2. The average molecular weight is 320 g/mol. The fraction of sp³-hybridized carbons (Fsp3) is 0.0556. The molecule has 0 radical (unpaired) electrons. The fourth-order valence-electron chi connectivity index (χ4n) is 2.84. The van der Waals surface area contributed by atoms with Crippen molar-refractivity contribution in [3.63, 3.8) is 0 Å². The minimum Gasteiger partial charge on any atom is -0.497 e. The van der Waals surface area contributed by atoms with Crippen molar-refractivity contribution < 1.29 is 9.15 Å². The van der Waals surface area contributed by atoms with E-state index >= 15 is 0 Å². The summed E-state index contributed by atoms with van der Waals surface area (Å²) in [6.45, 7) is 0. The number of fused-ring (bicyclic) bond motifs is 4. The Balaban J connectivity index is 1.70. The topological polar surface area (TPSA) is 39.7 Å². The van der Waals surface area contributed by atoms with Crippen LogP contribution in [0.25, 0.3) is 37.6 Å². The molecule has 23 heavy (non-hydrogen) atoms. The molecule has 0 aliphatic carbocycles. The van der Waals surface area contributed by atoms with Crippen molar-refractivity contribution in [2.45, 2.75) is 0 Å². The Kier molecular flexibility index (Phi) is 2.55. The van der Waals surface area contributed by atoms with E-state index < -0.39 is 0 Å². The molecular weight excluding hydrogens is 308 g/mol. The highest BCUT2D eigenvalue weighted by atomic mass is 32.1. The van der Waals surface area contributed by atoms with Gasteiger partial charge in [0.15, 0.2) is 10.7 Å². The monoisotopic (exact) mass is 320 g/mol. The summed E-state index contributed by atoms with van der Waals surface area (Å²) in [4.78, 5) is 5.67. The number of hydrogen-bond acceptors (Lipinski definition) is 4. The van der Waals surface area contributed by atoms with Crippen LogP contribution < -0.4 is 4.74 Å². The minimum atomic E-state index is 0.795. The maximum absolute atomic E-state index is 5.91. The minimum absolute atomic E-state index is 0.795. The second-order valence-corrected chi connectivity index (χ2v) is 6.37. The number of methoxy groups -OCH3 is 1. The largest absolute Gasteiger partial charge is 0.497 e. The molecule has 0 fully saturated rings. The molecule has 0 spiro atoms. The summed E-state index contributed by atoms with van der Waals surface area (Å²) >= 11 is 1.64. The fourth-order valence-corrected chi connectivity index (χ4v) is 3.87. The van der Waals surface area contributed by atoms with Crippen molar-refractivity contribution in [2.24, 2.45) is 0 Å². The van der Waals surface area contributed by atoms with Gasteiger partial charge in [0.05, 0.1) is 17.3 Å². The van der Waals surface area contributed by atoms with Crippen LogP contribution in [-0.4, -0.2) is 16.5 Å².